The van der Waals surface area contributed by atoms with Gasteiger partial charge in [0.05, 0.1) is 12.2 Å². The van der Waals surface area contributed by atoms with E-state index < -0.39 is 0 Å². The van der Waals surface area contributed by atoms with Crippen LogP contribution in [0.15, 0.2) is 24.4 Å². The average Bonchev–Trinajstić information content (AvgIpc) is 2.34. The largest absolute Gasteiger partial charge is 0.334 e. The minimum Gasteiger partial charge on any atom is -0.334 e. The van der Waals surface area contributed by atoms with Gasteiger partial charge in [-0.1, -0.05) is 6.07 Å². The first-order chi connectivity index (χ1) is 8.15. The van der Waals surface area contributed by atoms with Crippen molar-refractivity contribution in [2.75, 3.05) is 13.6 Å². The van der Waals surface area contributed by atoms with Gasteiger partial charge in [0.15, 0.2) is 0 Å². The molecule has 0 bridgehead atoms. The molecule has 0 saturated carbocycles. The molecule has 0 aromatic carbocycles. The van der Waals surface area contributed by atoms with Gasteiger partial charge in [0.25, 0.3) is 0 Å². The van der Waals surface area contributed by atoms with Crippen LogP contribution in [-0.4, -0.2) is 35.4 Å². The van der Waals surface area contributed by atoms with E-state index in [4.69, 9.17) is 0 Å². The van der Waals surface area contributed by atoms with Crippen LogP contribution in [0.25, 0.3) is 0 Å². The van der Waals surface area contributed by atoms with Gasteiger partial charge in [0.1, 0.15) is 0 Å². The third-order valence-corrected chi connectivity index (χ3v) is 2.59. The van der Waals surface area contributed by atoms with Gasteiger partial charge in [-0.15, -0.1) is 0 Å². The van der Waals surface area contributed by atoms with Crippen molar-refractivity contribution in [2.24, 2.45) is 0 Å². The maximum Gasteiger partial charge on any atom is 0.224 e. The molecule has 4 heteroatoms. The molecule has 0 aliphatic carbocycles. The Hall–Kier alpha value is -1.42. The first-order valence-corrected chi connectivity index (χ1v) is 5.99. The fraction of sp³-hybridized carbons (Fsp3) is 0.538. The molecular weight excluding hydrogens is 214 g/mol. The Balaban J connectivity index is 2.63. The van der Waals surface area contributed by atoms with E-state index in [0.717, 1.165) is 5.69 Å². The van der Waals surface area contributed by atoms with Crippen LogP contribution in [0.1, 0.15) is 26.0 Å². The molecule has 1 rings (SSSR count). The summed E-state index contributed by atoms with van der Waals surface area (Å²) in [6.07, 6.45) is 2.29. The summed E-state index contributed by atoms with van der Waals surface area (Å²) in [6, 6.07) is 5.97. The van der Waals surface area contributed by atoms with E-state index in [1.807, 2.05) is 44.0 Å². The highest BCUT2D eigenvalue weighted by Gasteiger charge is 2.16. The molecule has 1 amide bonds. The van der Waals surface area contributed by atoms with Crippen molar-refractivity contribution in [3.05, 3.63) is 30.1 Å². The van der Waals surface area contributed by atoms with Crippen LogP contribution in [0.5, 0.6) is 0 Å². The molecule has 1 N–H and O–H groups in total. The molecule has 0 unspecified atom stereocenters. The monoisotopic (exact) mass is 235 g/mol. The molecule has 0 aliphatic heterocycles. The van der Waals surface area contributed by atoms with E-state index in [1.54, 1.807) is 6.20 Å². The zero-order valence-electron chi connectivity index (χ0n) is 10.8. The summed E-state index contributed by atoms with van der Waals surface area (Å²) in [4.78, 5) is 18.1. The molecule has 4 nitrogen and oxygen atoms in total. The van der Waals surface area contributed by atoms with Gasteiger partial charge in [-0.3, -0.25) is 9.78 Å². The van der Waals surface area contributed by atoms with Gasteiger partial charge < -0.3 is 10.2 Å². The van der Waals surface area contributed by atoms with Crippen molar-refractivity contribution < 1.29 is 4.79 Å². The molecule has 1 aromatic heterocycles. The number of rotatable bonds is 6. The summed E-state index contributed by atoms with van der Waals surface area (Å²) in [5.74, 6) is 0.167. The maximum atomic E-state index is 12.0. The number of aromatic nitrogens is 1. The molecule has 0 aliphatic rings. The van der Waals surface area contributed by atoms with Crippen molar-refractivity contribution in [3.63, 3.8) is 0 Å². The Morgan fingerprint density at radius 1 is 1.47 bits per heavy atom. The van der Waals surface area contributed by atoms with Crippen LogP contribution < -0.4 is 5.32 Å². The lowest BCUT2D eigenvalue weighted by molar-refractivity contribution is -0.133. The summed E-state index contributed by atoms with van der Waals surface area (Å²) in [7, 11) is 1.85. The number of nitrogens with zero attached hydrogens (tertiary/aromatic N) is 2. The minimum atomic E-state index is 0.167. The molecular formula is C13H21N3O. The molecule has 1 heterocycles. The number of carbonyl (C=O) groups is 1. The normalized spacial score (nSPS) is 10.6. The third-order valence-electron chi connectivity index (χ3n) is 2.59. The van der Waals surface area contributed by atoms with E-state index in [2.05, 4.69) is 10.3 Å². The lowest BCUT2D eigenvalue weighted by Gasteiger charge is -2.26. The van der Waals surface area contributed by atoms with Crippen molar-refractivity contribution in [3.8, 4) is 0 Å². The molecule has 94 valence electrons. The topological polar surface area (TPSA) is 45.2 Å². The summed E-state index contributed by atoms with van der Waals surface area (Å²) in [6.45, 7) is 5.35. The van der Waals surface area contributed by atoms with E-state index in [1.165, 1.54) is 0 Å². The highest BCUT2D eigenvalue weighted by molar-refractivity contribution is 5.76. The lowest BCUT2D eigenvalue weighted by Crippen LogP contribution is -2.37. The van der Waals surface area contributed by atoms with Gasteiger partial charge in [-0.05, 0) is 33.0 Å². The number of amides is 1. The number of carbonyl (C=O) groups excluding carboxylic acids is 1. The second-order valence-electron chi connectivity index (χ2n) is 4.29. The van der Waals surface area contributed by atoms with Crippen molar-refractivity contribution in [2.45, 2.75) is 32.9 Å². The Labute approximate surface area is 103 Å². The van der Waals surface area contributed by atoms with Gasteiger partial charge in [-0.2, -0.15) is 0 Å². The molecule has 0 radical (unpaired) electrons. The van der Waals surface area contributed by atoms with Crippen LogP contribution in [0.3, 0.4) is 0 Å². The number of hydrogen-bond acceptors (Lipinski definition) is 3. The van der Waals surface area contributed by atoms with Crippen molar-refractivity contribution >= 4 is 5.91 Å². The highest BCUT2D eigenvalue weighted by Crippen LogP contribution is 2.07. The Morgan fingerprint density at radius 3 is 2.76 bits per heavy atom. The van der Waals surface area contributed by atoms with Crippen molar-refractivity contribution in [1.29, 1.82) is 0 Å². The van der Waals surface area contributed by atoms with E-state index in [-0.39, 0.29) is 11.9 Å². The second-order valence-corrected chi connectivity index (χ2v) is 4.29. The predicted molar refractivity (Wildman–Crippen MR) is 68.5 cm³/mol. The Bertz CT molecular complexity index is 338. The smallest absolute Gasteiger partial charge is 0.224 e. The molecule has 1 aromatic rings. The molecule has 0 saturated heterocycles. The molecule has 0 fully saturated rings. The van der Waals surface area contributed by atoms with Gasteiger partial charge >= 0.3 is 0 Å². The van der Waals surface area contributed by atoms with E-state index in [9.17, 15) is 4.79 Å². The average molecular weight is 235 g/mol. The van der Waals surface area contributed by atoms with Crippen LogP contribution in [0, 0.1) is 0 Å². The SMILES string of the molecule is CNCCC(=O)N(Cc1ccccn1)C(C)C. The van der Waals surface area contributed by atoms with Crippen LogP contribution in [0.4, 0.5) is 0 Å². The quantitative estimate of drug-likeness (QED) is 0.811. The summed E-state index contributed by atoms with van der Waals surface area (Å²) in [5, 5.41) is 2.99. The van der Waals surface area contributed by atoms with Crippen LogP contribution >= 0.6 is 0 Å². The Kier molecular flexibility index (Phi) is 5.63. The highest BCUT2D eigenvalue weighted by atomic mass is 16.2. The van der Waals surface area contributed by atoms with Crippen LogP contribution in [0.2, 0.25) is 0 Å². The molecule has 0 atom stereocenters. The van der Waals surface area contributed by atoms with Gasteiger partial charge in [0, 0.05) is 25.2 Å². The first-order valence-electron chi connectivity index (χ1n) is 5.99. The fourth-order valence-corrected chi connectivity index (χ4v) is 1.60. The number of hydrogen-bond donors (Lipinski definition) is 1. The fourth-order valence-electron chi connectivity index (χ4n) is 1.60. The number of nitrogens with one attached hydrogen (secondary N) is 1. The summed E-state index contributed by atoms with van der Waals surface area (Å²) in [5.41, 5.74) is 0.930. The van der Waals surface area contributed by atoms with Gasteiger partial charge in [-0.25, -0.2) is 0 Å². The Morgan fingerprint density at radius 2 is 2.24 bits per heavy atom. The second kappa shape index (κ2) is 7.01. The summed E-state index contributed by atoms with van der Waals surface area (Å²) < 4.78 is 0. The van der Waals surface area contributed by atoms with E-state index >= 15 is 0 Å². The minimum absolute atomic E-state index is 0.167. The molecule has 17 heavy (non-hydrogen) atoms. The zero-order chi connectivity index (χ0) is 12.7. The lowest BCUT2D eigenvalue weighted by atomic mass is 10.2. The van der Waals surface area contributed by atoms with E-state index in [0.29, 0.717) is 19.5 Å². The molecule has 0 spiro atoms. The van der Waals surface area contributed by atoms with Crippen molar-refractivity contribution in [1.82, 2.24) is 15.2 Å². The maximum absolute atomic E-state index is 12.0. The zero-order valence-corrected chi connectivity index (χ0v) is 10.8. The summed E-state index contributed by atoms with van der Waals surface area (Å²) >= 11 is 0. The van der Waals surface area contributed by atoms with Crippen LogP contribution in [-0.2, 0) is 11.3 Å². The predicted octanol–water partition coefficient (Wildman–Crippen LogP) is 1.43. The third kappa shape index (κ3) is 4.53. The van der Waals surface area contributed by atoms with Gasteiger partial charge in [0.2, 0.25) is 5.91 Å². The standard InChI is InChI=1S/C13H21N3O/c1-11(2)16(13(17)7-9-14-3)10-12-6-4-5-8-15-12/h4-6,8,11,14H,7,9-10H2,1-3H3. The first kappa shape index (κ1) is 13.6. The number of pyridine rings is 1.